The first-order chi connectivity index (χ1) is 13.2. The van der Waals surface area contributed by atoms with Crippen LogP contribution in [-0.2, 0) is 14.3 Å². The number of amides is 1. The van der Waals surface area contributed by atoms with Crippen molar-refractivity contribution in [2.75, 3.05) is 7.11 Å². The van der Waals surface area contributed by atoms with Crippen LogP contribution in [0.25, 0.3) is 0 Å². The zero-order chi connectivity index (χ0) is 20.5. The molecule has 0 spiro atoms. The predicted octanol–water partition coefficient (Wildman–Crippen LogP) is 4.27. The highest BCUT2D eigenvalue weighted by Crippen LogP contribution is 2.48. The molecule has 1 aliphatic heterocycles. The van der Waals surface area contributed by atoms with Gasteiger partial charge in [-0.15, -0.1) is 0 Å². The van der Waals surface area contributed by atoms with Crippen LogP contribution in [0.3, 0.4) is 0 Å². The number of rotatable bonds is 4. The first kappa shape index (κ1) is 20.8. The molecule has 1 aliphatic carbocycles. The van der Waals surface area contributed by atoms with E-state index in [9.17, 15) is 9.59 Å². The topological polar surface area (TPSA) is 64.6 Å². The van der Waals surface area contributed by atoms with Crippen LogP contribution < -0.4 is 5.32 Å². The highest BCUT2D eigenvalue weighted by molar-refractivity contribution is 5.89. The van der Waals surface area contributed by atoms with E-state index in [2.05, 4.69) is 19.2 Å². The Kier molecular flexibility index (Phi) is 6.13. The zero-order valence-electron chi connectivity index (χ0n) is 17.7. The van der Waals surface area contributed by atoms with Crippen molar-refractivity contribution >= 4 is 11.9 Å². The lowest BCUT2D eigenvalue weighted by Crippen LogP contribution is -2.61. The number of hydrogen-bond acceptors (Lipinski definition) is 4. The van der Waals surface area contributed by atoms with Crippen LogP contribution in [0.4, 0.5) is 0 Å². The Morgan fingerprint density at radius 1 is 1.21 bits per heavy atom. The molecule has 1 aromatic rings. The molecule has 0 radical (unpaired) electrons. The largest absolute Gasteiger partial charge is 0.465 e. The molecule has 1 N–H and O–H groups in total. The summed E-state index contributed by atoms with van der Waals surface area (Å²) in [6.07, 6.45) is 4.05. The normalized spacial score (nSPS) is 32.5. The van der Waals surface area contributed by atoms with Gasteiger partial charge in [0.25, 0.3) is 0 Å². The second kappa shape index (κ2) is 8.24. The van der Waals surface area contributed by atoms with E-state index in [4.69, 9.17) is 9.47 Å². The van der Waals surface area contributed by atoms with E-state index in [-0.39, 0.29) is 35.5 Å². The van der Waals surface area contributed by atoms with Gasteiger partial charge >= 0.3 is 5.97 Å². The van der Waals surface area contributed by atoms with Gasteiger partial charge in [-0.3, -0.25) is 4.79 Å². The molecule has 3 rings (SSSR count). The molecular weight excluding hydrogens is 354 g/mol. The molecule has 0 unspecified atom stereocenters. The van der Waals surface area contributed by atoms with Crippen molar-refractivity contribution < 1.29 is 19.1 Å². The minimum Gasteiger partial charge on any atom is -0.465 e. The van der Waals surface area contributed by atoms with E-state index < -0.39 is 0 Å². The van der Waals surface area contributed by atoms with Crippen LogP contribution >= 0.6 is 0 Å². The van der Waals surface area contributed by atoms with E-state index in [0.717, 1.165) is 24.8 Å². The Morgan fingerprint density at radius 2 is 1.89 bits per heavy atom. The number of benzene rings is 1. The molecule has 5 atom stereocenters. The lowest BCUT2D eigenvalue weighted by molar-refractivity contribution is -0.155. The Labute approximate surface area is 168 Å². The van der Waals surface area contributed by atoms with Crippen LogP contribution in [0.2, 0.25) is 0 Å². The average molecular weight is 388 g/mol. The summed E-state index contributed by atoms with van der Waals surface area (Å²) in [5.41, 5.74) is 1.27. The molecule has 1 saturated heterocycles. The summed E-state index contributed by atoms with van der Waals surface area (Å²) in [5, 5.41) is 3.35. The van der Waals surface area contributed by atoms with Gasteiger partial charge in [0.1, 0.15) is 0 Å². The van der Waals surface area contributed by atoms with Crippen molar-refractivity contribution in [2.24, 2.45) is 17.8 Å². The third-order valence-corrected chi connectivity index (χ3v) is 6.46. The molecule has 28 heavy (non-hydrogen) atoms. The molecule has 5 heteroatoms. The SMILES string of the molecule is COC(=O)c1ccc([C@H]2C[C@@](C)(NC(=O)C(C)C)[C@@H]3CC[C@@H](C)C[C@H]3O2)cc1. The molecule has 1 saturated carbocycles. The minimum atomic E-state index is -0.341. The van der Waals surface area contributed by atoms with Crippen molar-refractivity contribution in [3.05, 3.63) is 35.4 Å². The molecule has 154 valence electrons. The maximum absolute atomic E-state index is 12.5. The Morgan fingerprint density at radius 3 is 2.50 bits per heavy atom. The van der Waals surface area contributed by atoms with Gasteiger partial charge < -0.3 is 14.8 Å². The lowest BCUT2D eigenvalue weighted by atomic mass is 9.66. The predicted molar refractivity (Wildman–Crippen MR) is 108 cm³/mol. The quantitative estimate of drug-likeness (QED) is 0.784. The van der Waals surface area contributed by atoms with Crippen molar-refractivity contribution in [1.29, 1.82) is 0 Å². The highest BCUT2D eigenvalue weighted by atomic mass is 16.5. The van der Waals surface area contributed by atoms with Crippen molar-refractivity contribution in [3.63, 3.8) is 0 Å². The van der Waals surface area contributed by atoms with E-state index >= 15 is 0 Å². The smallest absolute Gasteiger partial charge is 0.337 e. The number of ether oxygens (including phenoxy) is 2. The van der Waals surface area contributed by atoms with Crippen LogP contribution in [0.5, 0.6) is 0 Å². The molecular formula is C23H33NO4. The number of nitrogens with one attached hydrogen (secondary N) is 1. The average Bonchev–Trinajstić information content (AvgIpc) is 2.66. The fourth-order valence-corrected chi connectivity index (χ4v) is 4.72. The number of carbonyl (C=O) groups is 2. The van der Waals surface area contributed by atoms with Gasteiger partial charge in [-0.25, -0.2) is 4.79 Å². The van der Waals surface area contributed by atoms with Crippen LogP contribution in [-0.4, -0.2) is 30.6 Å². The number of esters is 1. The van der Waals surface area contributed by atoms with Gasteiger partial charge in [0, 0.05) is 23.8 Å². The van der Waals surface area contributed by atoms with E-state index in [1.807, 2.05) is 26.0 Å². The Balaban J connectivity index is 1.86. The second-order valence-electron chi connectivity index (χ2n) is 9.07. The van der Waals surface area contributed by atoms with Gasteiger partial charge in [0.2, 0.25) is 5.91 Å². The molecule has 0 bridgehead atoms. The van der Waals surface area contributed by atoms with Gasteiger partial charge in [0.05, 0.1) is 24.9 Å². The molecule has 5 nitrogen and oxygen atoms in total. The number of carbonyl (C=O) groups excluding carboxylic acids is 2. The molecule has 2 aliphatic rings. The summed E-state index contributed by atoms with van der Waals surface area (Å²) in [7, 11) is 1.38. The fourth-order valence-electron chi connectivity index (χ4n) is 4.72. The number of fused-ring (bicyclic) bond motifs is 1. The number of methoxy groups -OCH3 is 1. The Hall–Kier alpha value is -1.88. The van der Waals surface area contributed by atoms with E-state index in [1.165, 1.54) is 13.5 Å². The van der Waals surface area contributed by atoms with Crippen molar-refractivity contribution in [1.82, 2.24) is 5.32 Å². The third kappa shape index (κ3) is 4.24. The first-order valence-electron chi connectivity index (χ1n) is 10.4. The Bertz CT molecular complexity index is 714. The highest BCUT2D eigenvalue weighted by Gasteiger charge is 2.49. The van der Waals surface area contributed by atoms with Crippen molar-refractivity contribution in [2.45, 2.75) is 71.1 Å². The molecule has 0 aromatic heterocycles. The van der Waals surface area contributed by atoms with Crippen LogP contribution in [0.15, 0.2) is 24.3 Å². The van der Waals surface area contributed by atoms with E-state index in [1.54, 1.807) is 12.1 Å². The first-order valence-corrected chi connectivity index (χ1v) is 10.4. The van der Waals surface area contributed by atoms with Gasteiger partial charge in [-0.05, 0) is 43.4 Å². The summed E-state index contributed by atoms with van der Waals surface area (Å²) in [4.78, 5) is 24.3. The standard InChI is InChI=1S/C23H33NO4/c1-14(2)21(25)24-23(4)13-20(28-19-12-15(3)6-11-18(19)23)16-7-9-17(10-8-16)22(26)27-5/h7-10,14-15,18-20H,6,11-13H2,1-5H3,(H,24,25)/t15-,18-,19-,20-,23-/m1/s1. The van der Waals surface area contributed by atoms with Crippen LogP contribution in [0.1, 0.15) is 75.4 Å². The van der Waals surface area contributed by atoms with E-state index in [0.29, 0.717) is 17.4 Å². The molecule has 1 heterocycles. The van der Waals surface area contributed by atoms with Gasteiger partial charge in [0.15, 0.2) is 0 Å². The molecule has 1 aromatic carbocycles. The van der Waals surface area contributed by atoms with Crippen LogP contribution in [0, 0.1) is 17.8 Å². The fraction of sp³-hybridized carbons (Fsp3) is 0.652. The summed E-state index contributed by atoms with van der Waals surface area (Å²) in [6, 6.07) is 7.44. The molecule has 2 fully saturated rings. The third-order valence-electron chi connectivity index (χ3n) is 6.46. The summed E-state index contributed by atoms with van der Waals surface area (Å²) in [5.74, 6) is 0.676. The monoisotopic (exact) mass is 387 g/mol. The lowest BCUT2D eigenvalue weighted by Gasteiger charge is -2.52. The second-order valence-corrected chi connectivity index (χ2v) is 9.07. The van der Waals surface area contributed by atoms with Gasteiger partial charge in [-0.1, -0.05) is 39.3 Å². The maximum atomic E-state index is 12.5. The number of hydrogen-bond donors (Lipinski definition) is 1. The summed E-state index contributed by atoms with van der Waals surface area (Å²) in [6.45, 7) is 8.32. The summed E-state index contributed by atoms with van der Waals surface area (Å²) >= 11 is 0. The van der Waals surface area contributed by atoms with Gasteiger partial charge in [-0.2, -0.15) is 0 Å². The maximum Gasteiger partial charge on any atom is 0.337 e. The van der Waals surface area contributed by atoms with Crippen molar-refractivity contribution in [3.8, 4) is 0 Å². The summed E-state index contributed by atoms with van der Waals surface area (Å²) < 4.78 is 11.3. The minimum absolute atomic E-state index is 0.0431. The zero-order valence-corrected chi connectivity index (χ0v) is 17.7. The molecule has 1 amide bonds.